The Kier molecular flexibility index (Phi) is 5.22. The fraction of sp³-hybridized carbons (Fsp3) is 0.294. The summed E-state index contributed by atoms with van der Waals surface area (Å²) >= 11 is 1.73. The number of hydrogen-bond donors (Lipinski definition) is 3. The number of H-pyrrole nitrogens is 1. The minimum atomic E-state index is -0.190. The van der Waals surface area contributed by atoms with Crippen LogP contribution in [-0.4, -0.2) is 27.9 Å². The monoisotopic (exact) mass is 344 g/mol. The maximum absolute atomic E-state index is 12.5. The molecule has 0 aliphatic heterocycles. The van der Waals surface area contributed by atoms with Crippen LogP contribution in [0, 0.1) is 0 Å². The molecular weight excluding hydrogens is 324 g/mol. The lowest BCUT2D eigenvalue weighted by molar-refractivity contribution is 0.0933. The van der Waals surface area contributed by atoms with E-state index >= 15 is 0 Å². The van der Waals surface area contributed by atoms with E-state index in [1.807, 2.05) is 30.5 Å². The molecule has 3 aromatic rings. The first kappa shape index (κ1) is 16.6. The largest absolute Gasteiger partial charge is 0.467 e. The lowest BCUT2D eigenvalue weighted by atomic mass is 10.2. The Balaban J connectivity index is 1.81. The Labute approximate surface area is 144 Å². The van der Waals surface area contributed by atoms with Gasteiger partial charge in [0.2, 0.25) is 0 Å². The first-order chi connectivity index (χ1) is 11.7. The summed E-state index contributed by atoms with van der Waals surface area (Å²) in [6, 6.07) is 9.31. The lowest BCUT2D eigenvalue weighted by Gasteiger charge is -2.15. The molecule has 4 N–H and O–H groups in total. The molecule has 2 heterocycles. The third-order valence-corrected chi connectivity index (χ3v) is 4.41. The van der Waals surface area contributed by atoms with Gasteiger partial charge in [0.15, 0.2) is 0 Å². The molecular formula is C17H20N4O2S. The number of nitrogens with two attached hydrogens (primary N) is 1. The van der Waals surface area contributed by atoms with Gasteiger partial charge in [0.25, 0.3) is 5.91 Å². The standard InChI is InChI=1S/C17H20N4O2S/c1-24-7-6-15(16-19-13-4-2-3-5-14(13)20-16)21-17(22)11-8-12(9-18)23-10-11/h2-5,8,10,15H,6-7,9,18H2,1H3,(H,19,20)(H,21,22). The van der Waals surface area contributed by atoms with Crippen molar-refractivity contribution >= 4 is 28.7 Å². The van der Waals surface area contributed by atoms with Crippen molar-refractivity contribution in [3.05, 3.63) is 53.7 Å². The highest BCUT2D eigenvalue weighted by atomic mass is 32.2. The smallest absolute Gasteiger partial charge is 0.255 e. The number of thioether (sulfide) groups is 1. The van der Waals surface area contributed by atoms with Gasteiger partial charge in [0.05, 0.1) is 29.2 Å². The summed E-state index contributed by atoms with van der Waals surface area (Å²) in [5.41, 5.74) is 7.85. The topological polar surface area (TPSA) is 96.9 Å². The van der Waals surface area contributed by atoms with Gasteiger partial charge in [0.1, 0.15) is 17.8 Å². The second kappa shape index (κ2) is 7.55. The summed E-state index contributed by atoms with van der Waals surface area (Å²) in [5, 5.41) is 3.04. The molecule has 126 valence electrons. The predicted octanol–water partition coefficient (Wildman–Crippen LogP) is 2.84. The molecule has 1 unspecified atom stereocenters. The van der Waals surface area contributed by atoms with Gasteiger partial charge >= 0.3 is 0 Å². The molecule has 0 bridgehead atoms. The van der Waals surface area contributed by atoms with Gasteiger partial charge in [-0.2, -0.15) is 11.8 Å². The van der Waals surface area contributed by atoms with E-state index in [0.717, 1.165) is 29.0 Å². The third-order valence-electron chi connectivity index (χ3n) is 3.77. The number of carbonyl (C=O) groups is 1. The van der Waals surface area contributed by atoms with Gasteiger partial charge in [-0.25, -0.2) is 4.98 Å². The minimum absolute atomic E-state index is 0.187. The average Bonchev–Trinajstić information content (AvgIpc) is 3.24. The number of imidazole rings is 1. The molecule has 0 spiro atoms. The number of nitrogens with one attached hydrogen (secondary N) is 2. The molecule has 3 rings (SSSR count). The van der Waals surface area contributed by atoms with Crippen molar-refractivity contribution in [3.63, 3.8) is 0 Å². The molecule has 1 aromatic carbocycles. The first-order valence-electron chi connectivity index (χ1n) is 7.73. The number of furan rings is 1. The predicted molar refractivity (Wildman–Crippen MR) is 95.9 cm³/mol. The van der Waals surface area contributed by atoms with Gasteiger partial charge in [-0.3, -0.25) is 4.79 Å². The minimum Gasteiger partial charge on any atom is -0.467 e. The summed E-state index contributed by atoms with van der Waals surface area (Å²) in [6.45, 7) is 0.271. The Morgan fingerprint density at radius 3 is 3.00 bits per heavy atom. The maximum Gasteiger partial charge on any atom is 0.255 e. The fourth-order valence-corrected chi connectivity index (χ4v) is 2.97. The molecule has 0 aliphatic carbocycles. The lowest BCUT2D eigenvalue weighted by Crippen LogP contribution is -2.29. The Bertz CT molecular complexity index is 794. The molecule has 0 radical (unpaired) electrons. The van der Waals surface area contributed by atoms with Crippen molar-refractivity contribution in [1.29, 1.82) is 0 Å². The Hall–Kier alpha value is -2.25. The van der Waals surface area contributed by atoms with Crippen molar-refractivity contribution in [1.82, 2.24) is 15.3 Å². The van der Waals surface area contributed by atoms with Gasteiger partial charge in [-0.05, 0) is 36.6 Å². The number of amides is 1. The summed E-state index contributed by atoms with van der Waals surface area (Å²) in [4.78, 5) is 20.4. The number of benzene rings is 1. The molecule has 6 nitrogen and oxygen atoms in total. The number of rotatable bonds is 7. The highest BCUT2D eigenvalue weighted by Crippen LogP contribution is 2.21. The molecule has 2 aromatic heterocycles. The van der Waals surface area contributed by atoms with Gasteiger partial charge < -0.3 is 20.5 Å². The van der Waals surface area contributed by atoms with E-state index in [1.54, 1.807) is 17.8 Å². The maximum atomic E-state index is 12.5. The number of carbonyl (C=O) groups excluding carboxylic acids is 1. The number of nitrogens with zero attached hydrogens (tertiary/aromatic N) is 1. The molecule has 0 saturated heterocycles. The van der Waals surface area contributed by atoms with Crippen molar-refractivity contribution < 1.29 is 9.21 Å². The number of aromatic amines is 1. The highest BCUT2D eigenvalue weighted by Gasteiger charge is 2.20. The van der Waals surface area contributed by atoms with Crippen molar-refractivity contribution in [2.75, 3.05) is 12.0 Å². The zero-order chi connectivity index (χ0) is 16.9. The molecule has 1 atom stereocenters. The second-order valence-corrected chi connectivity index (χ2v) is 6.44. The zero-order valence-corrected chi connectivity index (χ0v) is 14.2. The normalized spacial score (nSPS) is 12.4. The van der Waals surface area contributed by atoms with Crippen LogP contribution in [0.15, 0.2) is 41.0 Å². The van der Waals surface area contributed by atoms with Gasteiger partial charge in [-0.1, -0.05) is 12.1 Å². The number of para-hydroxylation sites is 2. The van der Waals surface area contributed by atoms with Crippen LogP contribution in [0.3, 0.4) is 0 Å². The Morgan fingerprint density at radius 2 is 2.29 bits per heavy atom. The van der Waals surface area contributed by atoms with Gasteiger partial charge in [0, 0.05) is 0 Å². The zero-order valence-electron chi connectivity index (χ0n) is 13.4. The number of aromatic nitrogens is 2. The summed E-state index contributed by atoms with van der Waals surface area (Å²) in [6.07, 6.45) is 4.26. The van der Waals surface area contributed by atoms with Crippen molar-refractivity contribution in [2.45, 2.75) is 19.0 Å². The second-order valence-electron chi connectivity index (χ2n) is 5.45. The first-order valence-corrected chi connectivity index (χ1v) is 9.12. The van der Waals surface area contributed by atoms with Crippen molar-refractivity contribution in [3.8, 4) is 0 Å². The van der Waals surface area contributed by atoms with E-state index in [1.165, 1.54) is 6.26 Å². The third kappa shape index (κ3) is 3.63. The van der Waals surface area contributed by atoms with E-state index < -0.39 is 0 Å². The molecule has 0 saturated carbocycles. The van der Waals surface area contributed by atoms with Crippen LogP contribution in [0.5, 0.6) is 0 Å². The fourth-order valence-electron chi connectivity index (χ4n) is 2.50. The number of hydrogen-bond acceptors (Lipinski definition) is 5. The van der Waals surface area contributed by atoms with E-state index in [0.29, 0.717) is 11.3 Å². The van der Waals surface area contributed by atoms with Crippen LogP contribution in [0.4, 0.5) is 0 Å². The summed E-state index contributed by atoms with van der Waals surface area (Å²) in [5.74, 6) is 2.08. The highest BCUT2D eigenvalue weighted by molar-refractivity contribution is 7.98. The SMILES string of the molecule is CSCCC(NC(=O)c1coc(CN)c1)c1nc2ccccc2[nH]1. The van der Waals surface area contributed by atoms with Crippen LogP contribution < -0.4 is 11.1 Å². The summed E-state index contributed by atoms with van der Waals surface area (Å²) in [7, 11) is 0. The van der Waals surface area contributed by atoms with Crippen molar-refractivity contribution in [2.24, 2.45) is 5.73 Å². The molecule has 1 amide bonds. The van der Waals surface area contributed by atoms with E-state index in [9.17, 15) is 4.79 Å². The van der Waals surface area contributed by atoms with Crippen LogP contribution in [0.2, 0.25) is 0 Å². The van der Waals surface area contributed by atoms with Crippen LogP contribution in [-0.2, 0) is 6.54 Å². The molecule has 24 heavy (non-hydrogen) atoms. The molecule has 0 fully saturated rings. The average molecular weight is 344 g/mol. The van der Waals surface area contributed by atoms with Crippen LogP contribution in [0.25, 0.3) is 11.0 Å². The van der Waals surface area contributed by atoms with Crippen LogP contribution in [0.1, 0.15) is 34.4 Å². The quantitative estimate of drug-likeness (QED) is 0.612. The summed E-state index contributed by atoms with van der Waals surface area (Å²) < 4.78 is 5.24. The van der Waals surface area contributed by atoms with E-state index in [2.05, 4.69) is 15.3 Å². The Morgan fingerprint density at radius 1 is 1.46 bits per heavy atom. The molecule has 7 heteroatoms. The van der Waals surface area contributed by atoms with E-state index in [4.69, 9.17) is 10.2 Å². The molecule has 0 aliphatic rings. The van der Waals surface area contributed by atoms with Gasteiger partial charge in [-0.15, -0.1) is 0 Å². The van der Waals surface area contributed by atoms with Crippen LogP contribution >= 0.6 is 11.8 Å². The number of fused-ring (bicyclic) bond motifs is 1. The van der Waals surface area contributed by atoms with E-state index in [-0.39, 0.29) is 18.5 Å².